The van der Waals surface area contributed by atoms with Gasteiger partial charge in [-0.3, -0.25) is 9.69 Å². The average molecular weight is 428 g/mol. The van der Waals surface area contributed by atoms with Gasteiger partial charge in [0.15, 0.2) is 0 Å². The van der Waals surface area contributed by atoms with E-state index in [-0.39, 0.29) is 11.7 Å². The topological polar surface area (TPSA) is 63.7 Å². The van der Waals surface area contributed by atoms with Crippen LogP contribution in [0.15, 0.2) is 36.3 Å². The molecule has 0 saturated carbocycles. The fourth-order valence-corrected chi connectivity index (χ4v) is 6.07. The normalized spacial score (nSPS) is 16.7. The third kappa shape index (κ3) is 3.52. The minimum absolute atomic E-state index is 0.216. The van der Waals surface area contributed by atoms with Crippen LogP contribution in [0.1, 0.15) is 17.4 Å². The molecule has 2 aliphatic heterocycles. The number of hydrogen-bond acceptors (Lipinski definition) is 7. The number of fused-ring (bicyclic) bond motifs is 2. The smallest absolute Gasteiger partial charge is 0.294 e. The fraction of sp³-hybridized carbons (Fsp3) is 0.333. The maximum atomic E-state index is 12.8. The Hall–Kier alpha value is -2.42. The van der Waals surface area contributed by atoms with Crippen LogP contribution in [-0.2, 0) is 27.2 Å². The average Bonchev–Trinajstić information content (AvgIpc) is 3.34. The predicted octanol–water partition coefficient (Wildman–Crippen LogP) is 4.23. The number of aromatic nitrogens is 1. The van der Waals surface area contributed by atoms with Crippen molar-refractivity contribution in [3.8, 4) is 10.6 Å². The Kier molecular flexibility index (Phi) is 4.99. The second-order valence-corrected chi connectivity index (χ2v) is 9.10. The first kappa shape index (κ1) is 18.6. The first-order valence-electron chi connectivity index (χ1n) is 9.71. The highest BCUT2D eigenvalue weighted by atomic mass is 32.1. The van der Waals surface area contributed by atoms with Gasteiger partial charge in [0.2, 0.25) is 5.76 Å². The molecule has 0 bridgehead atoms. The number of likely N-dealkylation sites (N-methyl/N-ethyl adjacent to an activating group) is 1. The third-order valence-corrected chi connectivity index (χ3v) is 7.38. The van der Waals surface area contributed by atoms with Gasteiger partial charge in [0.25, 0.3) is 5.91 Å². The number of rotatable bonds is 4. The summed E-state index contributed by atoms with van der Waals surface area (Å²) in [4.78, 5) is 21.4. The summed E-state index contributed by atoms with van der Waals surface area (Å²) in [5.74, 6) is -0.0638. The third-order valence-electron chi connectivity index (χ3n) is 5.19. The van der Waals surface area contributed by atoms with E-state index in [0.717, 1.165) is 51.8 Å². The van der Waals surface area contributed by atoms with Crippen molar-refractivity contribution < 1.29 is 14.3 Å². The first-order chi connectivity index (χ1) is 14.2. The van der Waals surface area contributed by atoms with Crippen molar-refractivity contribution in [1.82, 2.24) is 9.88 Å². The Bertz CT molecular complexity index is 1070. The molecule has 4 heterocycles. The number of thiazole rings is 1. The van der Waals surface area contributed by atoms with E-state index in [9.17, 15) is 4.79 Å². The number of thiophene rings is 1. The summed E-state index contributed by atoms with van der Waals surface area (Å²) < 4.78 is 11.8. The number of nitrogens with one attached hydrogen (secondary N) is 1. The van der Waals surface area contributed by atoms with Gasteiger partial charge in [0, 0.05) is 23.5 Å². The van der Waals surface area contributed by atoms with Gasteiger partial charge in [0.1, 0.15) is 29.5 Å². The lowest BCUT2D eigenvalue weighted by Crippen LogP contribution is -2.29. The maximum absolute atomic E-state index is 12.8. The van der Waals surface area contributed by atoms with Gasteiger partial charge < -0.3 is 14.8 Å². The zero-order chi connectivity index (χ0) is 19.8. The lowest BCUT2D eigenvalue weighted by molar-refractivity contribution is -0.117. The van der Waals surface area contributed by atoms with Crippen LogP contribution >= 0.6 is 22.7 Å². The molecular weight excluding hydrogens is 406 g/mol. The lowest BCUT2D eigenvalue weighted by Gasteiger charge is -2.25. The number of carbonyl (C=O) groups excluding carboxylic acids is 1. The number of anilines is 1. The summed E-state index contributed by atoms with van der Waals surface area (Å²) in [6.07, 6.45) is 2.35. The van der Waals surface area contributed by atoms with E-state index in [0.29, 0.717) is 13.2 Å². The van der Waals surface area contributed by atoms with Crippen molar-refractivity contribution in [2.45, 2.75) is 19.9 Å². The molecule has 2 aliphatic rings. The highest BCUT2D eigenvalue weighted by Crippen LogP contribution is 2.45. The molecule has 5 rings (SSSR count). The van der Waals surface area contributed by atoms with Crippen LogP contribution in [0.25, 0.3) is 20.8 Å². The summed E-state index contributed by atoms with van der Waals surface area (Å²) in [6.45, 7) is 5.99. The number of carbonyl (C=O) groups is 1. The van der Waals surface area contributed by atoms with Crippen molar-refractivity contribution in [2.75, 3.05) is 31.6 Å². The molecule has 0 spiro atoms. The Morgan fingerprint density at radius 1 is 1.28 bits per heavy atom. The molecule has 2 aromatic heterocycles. The second-order valence-electron chi connectivity index (χ2n) is 6.97. The van der Waals surface area contributed by atoms with Crippen molar-refractivity contribution >= 4 is 43.8 Å². The molecule has 0 aliphatic carbocycles. The molecule has 29 heavy (non-hydrogen) atoms. The van der Waals surface area contributed by atoms with Crippen LogP contribution in [0.3, 0.4) is 0 Å². The molecule has 0 radical (unpaired) electrons. The van der Waals surface area contributed by atoms with Crippen LogP contribution in [0.4, 0.5) is 5.00 Å². The zero-order valence-corrected chi connectivity index (χ0v) is 17.7. The Morgan fingerprint density at radius 3 is 2.97 bits per heavy atom. The molecule has 8 heteroatoms. The van der Waals surface area contributed by atoms with E-state index < -0.39 is 0 Å². The molecule has 3 aromatic rings. The van der Waals surface area contributed by atoms with Gasteiger partial charge in [-0.15, -0.1) is 22.7 Å². The minimum atomic E-state index is -0.280. The lowest BCUT2D eigenvalue weighted by atomic mass is 10.0. The zero-order valence-electron chi connectivity index (χ0n) is 16.1. The van der Waals surface area contributed by atoms with Gasteiger partial charge in [-0.25, -0.2) is 4.98 Å². The molecule has 0 unspecified atom stereocenters. The summed E-state index contributed by atoms with van der Waals surface area (Å²) in [6, 6.07) is 8.15. The van der Waals surface area contributed by atoms with E-state index in [2.05, 4.69) is 23.2 Å². The first-order valence-corrected chi connectivity index (χ1v) is 11.3. The number of benzene rings is 1. The van der Waals surface area contributed by atoms with E-state index in [1.165, 1.54) is 16.7 Å². The summed E-state index contributed by atoms with van der Waals surface area (Å²) in [7, 11) is 0. The molecule has 6 nitrogen and oxygen atoms in total. The van der Waals surface area contributed by atoms with Crippen LogP contribution in [-0.4, -0.2) is 42.1 Å². The minimum Gasteiger partial charge on any atom is -0.494 e. The van der Waals surface area contributed by atoms with Crippen molar-refractivity contribution in [2.24, 2.45) is 0 Å². The maximum Gasteiger partial charge on any atom is 0.294 e. The number of hydrogen-bond donors (Lipinski definition) is 1. The van der Waals surface area contributed by atoms with Crippen LogP contribution in [0, 0.1) is 0 Å². The number of ether oxygens (including phenoxy) is 2. The largest absolute Gasteiger partial charge is 0.494 e. The van der Waals surface area contributed by atoms with Gasteiger partial charge in [-0.2, -0.15) is 0 Å². The highest BCUT2D eigenvalue weighted by molar-refractivity contribution is 7.22. The quantitative estimate of drug-likeness (QED) is 0.675. The molecule has 1 N–H and O–H groups in total. The molecule has 150 valence electrons. The van der Waals surface area contributed by atoms with E-state index in [1.807, 2.05) is 18.2 Å². The van der Waals surface area contributed by atoms with Crippen LogP contribution in [0.2, 0.25) is 0 Å². The Labute approximate surface area is 176 Å². The van der Waals surface area contributed by atoms with Crippen LogP contribution in [0.5, 0.6) is 0 Å². The Morgan fingerprint density at radius 2 is 2.17 bits per heavy atom. The number of amides is 1. The number of para-hydroxylation sites is 1. The Balaban J connectivity index is 1.57. The summed E-state index contributed by atoms with van der Waals surface area (Å²) in [5, 5.41) is 4.86. The molecule has 0 fully saturated rings. The van der Waals surface area contributed by atoms with Gasteiger partial charge in [-0.1, -0.05) is 19.1 Å². The van der Waals surface area contributed by atoms with Crippen molar-refractivity contribution in [3.63, 3.8) is 0 Å². The number of nitrogens with zero attached hydrogens (tertiary/aromatic N) is 2. The van der Waals surface area contributed by atoms with Gasteiger partial charge in [0.05, 0.1) is 10.2 Å². The standard InChI is InChI=1S/C21H21N3O3S2/c1-2-24-8-7-13-17(11-24)29-21(23-19(25)15-12-26-9-10-27-15)18(13)20-22-14-5-3-4-6-16(14)28-20/h3-6,12H,2,7-11H2,1H3,(H,23,25). The van der Waals surface area contributed by atoms with Crippen molar-refractivity contribution in [3.05, 3.63) is 46.7 Å². The summed E-state index contributed by atoms with van der Waals surface area (Å²) >= 11 is 3.32. The van der Waals surface area contributed by atoms with Crippen molar-refractivity contribution in [1.29, 1.82) is 0 Å². The predicted molar refractivity (Wildman–Crippen MR) is 116 cm³/mol. The SMILES string of the molecule is CCN1CCc2c(sc(NC(=O)C3=COCCO3)c2-c2nc3ccccc3s2)C1. The molecule has 1 aromatic carbocycles. The highest BCUT2D eigenvalue weighted by Gasteiger charge is 2.28. The summed E-state index contributed by atoms with van der Waals surface area (Å²) in [5.41, 5.74) is 3.36. The van der Waals surface area contributed by atoms with Gasteiger partial charge >= 0.3 is 0 Å². The monoisotopic (exact) mass is 427 g/mol. The van der Waals surface area contributed by atoms with Crippen LogP contribution < -0.4 is 5.32 Å². The molecule has 0 saturated heterocycles. The molecule has 0 atom stereocenters. The van der Waals surface area contributed by atoms with E-state index in [1.54, 1.807) is 22.7 Å². The molecular formula is C21H21N3O3S2. The van der Waals surface area contributed by atoms with Gasteiger partial charge in [-0.05, 0) is 30.7 Å². The van der Waals surface area contributed by atoms with E-state index in [4.69, 9.17) is 14.5 Å². The fourth-order valence-electron chi connectivity index (χ4n) is 3.67. The van der Waals surface area contributed by atoms with E-state index >= 15 is 0 Å². The molecule has 1 amide bonds. The second kappa shape index (κ2) is 7.78.